The van der Waals surface area contributed by atoms with Gasteiger partial charge < -0.3 is 10.0 Å². The second kappa shape index (κ2) is 4.88. The standard InChI is InChI=1S/C15H15FN4O2/c16-11-3-1-2-10(14(11)20-17-6-7-18-20)15(22)19-9-4-5-12(19)13(21)8-9/h1-3,6-7,9,12-13,21H,4-5,8H2. The number of benzene rings is 1. The fraction of sp³-hybridized carbons (Fsp3) is 0.400. The monoisotopic (exact) mass is 302 g/mol. The third kappa shape index (κ3) is 1.85. The molecule has 2 aliphatic heterocycles. The van der Waals surface area contributed by atoms with Gasteiger partial charge in [0.1, 0.15) is 5.69 Å². The maximum atomic E-state index is 14.2. The Bertz CT molecular complexity index is 718. The van der Waals surface area contributed by atoms with E-state index in [0.717, 1.165) is 17.6 Å². The van der Waals surface area contributed by atoms with Gasteiger partial charge in [-0.25, -0.2) is 4.39 Å². The van der Waals surface area contributed by atoms with Crippen molar-refractivity contribution in [2.75, 3.05) is 0 Å². The molecule has 1 aromatic heterocycles. The van der Waals surface area contributed by atoms with E-state index in [0.29, 0.717) is 6.42 Å². The van der Waals surface area contributed by atoms with Crippen molar-refractivity contribution in [3.8, 4) is 5.69 Å². The number of halogens is 1. The van der Waals surface area contributed by atoms with Crippen molar-refractivity contribution in [3.63, 3.8) is 0 Å². The number of rotatable bonds is 2. The average Bonchev–Trinajstić information content (AvgIpc) is 3.21. The van der Waals surface area contributed by atoms with E-state index >= 15 is 0 Å². The van der Waals surface area contributed by atoms with E-state index in [4.69, 9.17) is 0 Å². The molecule has 0 radical (unpaired) electrons. The molecule has 2 fully saturated rings. The number of hydrogen-bond donors (Lipinski definition) is 1. The zero-order valence-electron chi connectivity index (χ0n) is 11.8. The number of amides is 1. The van der Waals surface area contributed by atoms with Crippen molar-refractivity contribution < 1.29 is 14.3 Å². The summed E-state index contributed by atoms with van der Waals surface area (Å²) >= 11 is 0. The van der Waals surface area contributed by atoms with Crippen LogP contribution in [0.3, 0.4) is 0 Å². The van der Waals surface area contributed by atoms with Crippen LogP contribution in [0.4, 0.5) is 4.39 Å². The first kappa shape index (κ1) is 13.4. The lowest BCUT2D eigenvalue weighted by molar-refractivity contribution is 0.0664. The number of hydrogen-bond acceptors (Lipinski definition) is 4. The van der Waals surface area contributed by atoms with Gasteiger partial charge in [-0.1, -0.05) is 6.07 Å². The molecular weight excluding hydrogens is 287 g/mol. The Morgan fingerprint density at radius 1 is 1.27 bits per heavy atom. The average molecular weight is 302 g/mol. The molecule has 2 aliphatic rings. The molecule has 6 nitrogen and oxygen atoms in total. The first-order valence-corrected chi connectivity index (χ1v) is 7.32. The van der Waals surface area contributed by atoms with E-state index < -0.39 is 11.9 Å². The van der Waals surface area contributed by atoms with Gasteiger partial charge in [-0.05, 0) is 31.4 Å². The van der Waals surface area contributed by atoms with Crippen molar-refractivity contribution in [2.45, 2.75) is 37.5 Å². The first-order chi connectivity index (χ1) is 10.7. The highest BCUT2D eigenvalue weighted by Gasteiger charge is 2.48. The molecule has 2 bridgehead atoms. The Labute approximate surface area is 126 Å². The highest BCUT2D eigenvalue weighted by atomic mass is 19.1. The van der Waals surface area contributed by atoms with Crippen molar-refractivity contribution in [1.29, 1.82) is 0 Å². The topological polar surface area (TPSA) is 71.2 Å². The molecule has 0 spiro atoms. The van der Waals surface area contributed by atoms with Gasteiger partial charge in [0, 0.05) is 6.04 Å². The van der Waals surface area contributed by atoms with Crippen LogP contribution in [0.1, 0.15) is 29.6 Å². The Kier molecular flexibility index (Phi) is 2.97. The summed E-state index contributed by atoms with van der Waals surface area (Å²) in [6, 6.07) is 4.23. The van der Waals surface area contributed by atoms with Crippen LogP contribution in [0.15, 0.2) is 30.6 Å². The van der Waals surface area contributed by atoms with Gasteiger partial charge in [0.15, 0.2) is 5.82 Å². The smallest absolute Gasteiger partial charge is 0.256 e. The number of para-hydroxylation sites is 1. The van der Waals surface area contributed by atoms with Crippen LogP contribution >= 0.6 is 0 Å². The van der Waals surface area contributed by atoms with Gasteiger partial charge in [-0.2, -0.15) is 10.2 Å². The van der Waals surface area contributed by atoms with Gasteiger partial charge >= 0.3 is 0 Å². The zero-order valence-corrected chi connectivity index (χ0v) is 11.8. The van der Waals surface area contributed by atoms with Gasteiger partial charge in [-0.15, -0.1) is 4.80 Å². The molecule has 114 valence electrons. The van der Waals surface area contributed by atoms with Crippen LogP contribution in [-0.4, -0.2) is 49.1 Å². The molecule has 1 N–H and O–H groups in total. The molecule has 3 atom stereocenters. The molecule has 0 saturated carbocycles. The lowest BCUT2D eigenvalue weighted by Gasteiger charge is -2.23. The molecule has 7 heteroatoms. The molecule has 3 unspecified atom stereocenters. The molecule has 22 heavy (non-hydrogen) atoms. The molecule has 1 amide bonds. The highest BCUT2D eigenvalue weighted by Crippen LogP contribution is 2.39. The predicted octanol–water partition coefficient (Wildman–Crippen LogP) is 1.14. The predicted molar refractivity (Wildman–Crippen MR) is 74.9 cm³/mol. The molecule has 2 aromatic rings. The van der Waals surface area contributed by atoms with Crippen LogP contribution in [0, 0.1) is 5.82 Å². The SMILES string of the molecule is O=C(c1cccc(F)c1-n1nccn1)N1C2CCC1C(O)C2. The number of nitrogens with zero attached hydrogens (tertiary/aromatic N) is 4. The van der Waals surface area contributed by atoms with E-state index in [-0.39, 0.29) is 29.2 Å². The molecule has 1 aromatic carbocycles. The van der Waals surface area contributed by atoms with Gasteiger partial charge in [0.05, 0.1) is 30.1 Å². The Hall–Kier alpha value is -2.28. The summed E-state index contributed by atoms with van der Waals surface area (Å²) in [5.41, 5.74) is 0.278. The maximum Gasteiger partial charge on any atom is 0.256 e. The van der Waals surface area contributed by atoms with E-state index in [1.54, 1.807) is 11.0 Å². The number of aromatic nitrogens is 3. The Morgan fingerprint density at radius 2 is 2.05 bits per heavy atom. The van der Waals surface area contributed by atoms with Crippen LogP contribution < -0.4 is 0 Å². The second-order valence-electron chi connectivity index (χ2n) is 5.77. The van der Waals surface area contributed by atoms with Gasteiger partial charge in [-0.3, -0.25) is 4.79 Å². The number of carbonyl (C=O) groups excluding carboxylic acids is 1. The summed E-state index contributed by atoms with van der Waals surface area (Å²) in [7, 11) is 0. The Balaban J connectivity index is 1.78. The summed E-state index contributed by atoms with van der Waals surface area (Å²) in [6.07, 6.45) is 4.66. The molecule has 2 saturated heterocycles. The van der Waals surface area contributed by atoms with Crippen molar-refractivity contribution in [1.82, 2.24) is 19.9 Å². The second-order valence-corrected chi connectivity index (χ2v) is 5.77. The summed E-state index contributed by atoms with van der Waals surface area (Å²) in [6.45, 7) is 0. The lowest BCUT2D eigenvalue weighted by atomic mass is 9.98. The van der Waals surface area contributed by atoms with Crippen LogP contribution in [0.5, 0.6) is 0 Å². The third-order valence-electron chi connectivity index (χ3n) is 4.57. The zero-order chi connectivity index (χ0) is 15.3. The maximum absolute atomic E-state index is 14.2. The van der Waals surface area contributed by atoms with Gasteiger partial charge in [0.25, 0.3) is 5.91 Å². The van der Waals surface area contributed by atoms with E-state index in [2.05, 4.69) is 10.2 Å². The van der Waals surface area contributed by atoms with E-state index in [1.165, 1.54) is 24.5 Å². The lowest BCUT2D eigenvalue weighted by Crippen LogP contribution is -2.38. The Morgan fingerprint density at radius 3 is 2.68 bits per heavy atom. The van der Waals surface area contributed by atoms with Crippen molar-refractivity contribution >= 4 is 5.91 Å². The minimum atomic E-state index is -0.547. The fourth-order valence-electron chi connectivity index (χ4n) is 3.64. The fourth-order valence-corrected chi connectivity index (χ4v) is 3.64. The minimum absolute atomic E-state index is 0.0363. The van der Waals surface area contributed by atoms with Crippen LogP contribution in [0.2, 0.25) is 0 Å². The summed E-state index contributed by atoms with van der Waals surface area (Å²) < 4.78 is 14.2. The molecule has 0 aliphatic carbocycles. The first-order valence-electron chi connectivity index (χ1n) is 7.32. The number of fused-ring (bicyclic) bond motifs is 2. The molecule has 4 rings (SSSR count). The highest BCUT2D eigenvalue weighted by molar-refractivity contribution is 5.98. The van der Waals surface area contributed by atoms with Crippen molar-refractivity contribution in [2.24, 2.45) is 0 Å². The number of aliphatic hydroxyl groups is 1. The quantitative estimate of drug-likeness (QED) is 0.903. The van der Waals surface area contributed by atoms with E-state index in [9.17, 15) is 14.3 Å². The molecule has 3 heterocycles. The van der Waals surface area contributed by atoms with Crippen molar-refractivity contribution in [3.05, 3.63) is 42.0 Å². The number of carbonyl (C=O) groups is 1. The third-order valence-corrected chi connectivity index (χ3v) is 4.57. The minimum Gasteiger partial charge on any atom is -0.391 e. The largest absolute Gasteiger partial charge is 0.391 e. The van der Waals surface area contributed by atoms with Crippen LogP contribution in [0.25, 0.3) is 5.69 Å². The number of aliphatic hydroxyl groups excluding tert-OH is 1. The summed E-state index contributed by atoms with van der Waals surface area (Å²) in [4.78, 5) is 15.7. The van der Waals surface area contributed by atoms with Gasteiger partial charge in [0.2, 0.25) is 0 Å². The molecular formula is C15H15FN4O2. The van der Waals surface area contributed by atoms with E-state index in [1.807, 2.05) is 0 Å². The summed E-state index contributed by atoms with van der Waals surface area (Å²) in [5, 5.41) is 17.9. The normalized spacial score (nSPS) is 26.6. The summed E-state index contributed by atoms with van der Waals surface area (Å²) in [5.74, 6) is -0.815. The van der Waals surface area contributed by atoms with Crippen LogP contribution in [-0.2, 0) is 0 Å².